The Kier molecular flexibility index (Phi) is 4.71. The van der Waals surface area contributed by atoms with E-state index in [1.807, 2.05) is 0 Å². The Bertz CT molecular complexity index is 459. The Hall–Kier alpha value is -0.660. The third kappa shape index (κ3) is 3.51. The fraction of sp³-hybridized carbons (Fsp3) is 0.923. The maximum absolute atomic E-state index is 11.9. The first-order valence-corrected chi connectivity index (χ1v) is 9.10. The summed E-state index contributed by atoms with van der Waals surface area (Å²) in [7, 11) is -3.17. The molecule has 20 heavy (non-hydrogen) atoms. The Morgan fingerprint density at radius 2 is 2.10 bits per heavy atom. The van der Waals surface area contributed by atoms with Crippen molar-refractivity contribution in [2.75, 3.05) is 26.0 Å². The first-order valence-electron chi connectivity index (χ1n) is 7.25. The van der Waals surface area contributed by atoms with Gasteiger partial charge in [-0.25, -0.2) is 8.42 Å². The van der Waals surface area contributed by atoms with E-state index in [4.69, 9.17) is 0 Å². The topological polar surface area (TPSA) is 86.7 Å². The van der Waals surface area contributed by atoms with Crippen LogP contribution in [-0.4, -0.2) is 55.7 Å². The van der Waals surface area contributed by atoms with E-state index < -0.39 is 15.4 Å². The predicted molar refractivity (Wildman–Crippen MR) is 75.6 cm³/mol. The summed E-state index contributed by atoms with van der Waals surface area (Å²) >= 11 is 0. The number of rotatable bonds is 6. The standard InChI is InChI=1S/C13H24N2O4S/c1-20(18,19)15-9-3-2-4-11(15)5-8-14-12(17)13(10-16)6-7-13/h11,16H,2-10H2,1H3,(H,14,17). The molecule has 1 atom stereocenters. The lowest BCUT2D eigenvalue weighted by Gasteiger charge is -2.33. The smallest absolute Gasteiger partial charge is 0.228 e. The Morgan fingerprint density at radius 3 is 2.65 bits per heavy atom. The summed E-state index contributed by atoms with van der Waals surface area (Å²) in [6.45, 7) is 0.951. The Morgan fingerprint density at radius 1 is 1.40 bits per heavy atom. The van der Waals surface area contributed by atoms with E-state index in [1.165, 1.54) is 6.26 Å². The van der Waals surface area contributed by atoms with Crippen molar-refractivity contribution < 1.29 is 18.3 Å². The number of carbonyl (C=O) groups is 1. The zero-order valence-corrected chi connectivity index (χ0v) is 12.8. The summed E-state index contributed by atoms with van der Waals surface area (Å²) < 4.78 is 25.0. The minimum atomic E-state index is -3.17. The lowest BCUT2D eigenvalue weighted by Crippen LogP contribution is -2.45. The number of aliphatic hydroxyl groups is 1. The average molecular weight is 304 g/mol. The highest BCUT2D eigenvalue weighted by Gasteiger charge is 2.49. The van der Waals surface area contributed by atoms with Gasteiger partial charge in [0.05, 0.1) is 18.3 Å². The molecule has 0 bridgehead atoms. The molecule has 1 amide bonds. The van der Waals surface area contributed by atoms with Gasteiger partial charge in [0.2, 0.25) is 15.9 Å². The number of aliphatic hydroxyl groups excluding tert-OH is 1. The first-order chi connectivity index (χ1) is 9.39. The number of hydrogen-bond acceptors (Lipinski definition) is 4. The lowest BCUT2D eigenvalue weighted by atomic mass is 10.0. The molecule has 1 unspecified atom stereocenters. The minimum absolute atomic E-state index is 0.0108. The highest BCUT2D eigenvalue weighted by Crippen LogP contribution is 2.45. The van der Waals surface area contributed by atoms with Crippen molar-refractivity contribution in [3.63, 3.8) is 0 Å². The molecule has 0 aromatic rings. The second kappa shape index (κ2) is 5.99. The van der Waals surface area contributed by atoms with E-state index in [2.05, 4.69) is 5.32 Å². The lowest BCUT2D eigenvalue weighted by molar-refractivity contribution is -0.127. The van der Waals surface area contributed by atoms with Crippen molar-refractivity contribution in [2.45, 2.75) is 44.6 Å². The van der Waals surface area contributed by atoms with Gasteiger partial charge in [0, 0.05) is 19.1 Å². The summed E-state index contributed by atoms with van der Waals surface area (Å²) in [6, 6.07) is -0.0108. The monoisotopic (exact) mass is 304 g/mol. The van der Waals surface area contributed by atoms with Crippen molar-refractivity contribution in [2.24, 2.45) is 5.41 Å². The van der Waals surface area contributed by atoms with E-state index >= 15 is 0 Å². The van der Waals surface area contributed by atoms with Gasteiger partial charge >= 0.3 is 0 Å². The molecule has 0 spiro atoms. The van der Waals surface area contributed by atoms with Gasteiger partial charge < -0.3 is 10.4 Å². The molecule has 1 aliphatic carbocycles. The number of sulfonamides is 1. The van der Waals surface area contributed by atoms with Gasteiger partial charge in [-0.15, -0.1) is 0 Å². The number of piperidine rings is 1. The van der Waals surface area contributed by atoms with Crippen LogP contribution in [0, 0.1) is 5.41 Å². The van der Waals surface area contributed by atoms with Crippen LogP contribution in [-0.2, 0) is 14.8 Å². The molecule has 1 aliphatic heterocycles. The number of hydrogen-bond donors (Lipinski definition) is 2. The molecule has 2 fully saturated rings. The van der Waals surface area contributed by atoms with Crippen LogP contribution in [0.4, 0.5) is 0 Å². The zero-order valence-electron chi connectivity index (χ0n) is 12.0. The van der Waals surface area contributed by atoms with Gasteiger partial charge in [-0.1, -0.05) is 6.42 Å². The molecule has 2 N–H and O–H groups in total. The van der Waals surface area contributed by atoms with E-state index in [9.17, 15) is 18.3 Å². The van der Waals surface area contributed by atoms with Crippen LogP contribution in [0.25, 0.3) is 0 Å². The normalized spacial score (nSPS) is 26.2. The van der Waals surface area contributed by atoms with Crippen LogP contribution in [0.3, 0.4) is 0 Å². The van der Waals surface area contributed by atoms with E-state index in [0.29, 0.717) is 19.5 Å². The predicted octanol–water partition coefficient (Wildman–Crippen LogP) is 0.0793. The summed E-state index contributed by atoms with van der Waals surface area (Å²) in [6.07, 6.45) is 6.17. The van der Waals surface area contributed by atoms with E-state index in [0.717, 1.165) is 32.1 Å². The second-order valence-corrected chi connectivity index (χ2v) is 7.94. The molecule has 2 rings (SSSR count). The van der Waals surface area contributed by atoms with Gasteiger partial charge in [0.15, 0.2) is 0 Å². The van der Waals surface area contributed by atoms with Gasteiger partial charge in [0.25, 0.3) is 0 Å². The maximum Gasteiger partial charge on any atom is 0.228 e. The maximum atomic E-state index is 11.9. The van der Waals surface area contributed by atoms with Crippen LogP contribution in [0.1, 0.15) is 38.5 Å². The van der Waals surface area contributed by atoms with E-state index in [1.54, 1.807) is 4.31 Å². The summed E-state index contributed by atoms with van der Waals surface area (Å²) in [4.78, 5) is 11.9. The summed E-state index contributed by atoms with van der Waals surface area (Å²) in [5.74, 6) is -0.0956. The zero-order chi connectivity index (χ0) is 14.8. The Labute approximate surface area is 120 Å². The van der Waals surface area contributed by atoms with Crippen molar-refractivity contribution in [3.8, 4) is 0 Å². The second-order valence-electron chi connectivity index (χ2n) is 6.01. The number of nitrogens with zero attached hydrogens (tertiary/aromatic N) is 1. The molecule has 0 aromatic carbocycles. The molecule has 2 aliphatic rings. The highest BCUT2D eigenvalue weighted by atomic mass is 32.2. The molecule has 1 saturated carbocycles. The quantitative estimate of drug-likeness (QED) is 0.727. The van der Waals surface area contributed by atoms with Crippen molar-refractivity contribution in [3.05, 3.63) is 0 Å². The van der Waals surface area contributed by atoms with Crippen molar-refractivity contribution >= 4 is 15.9 Å². The van der Waals surface area contributed by atoms with Crippen molar-refractivity contribution in [1.82, 2.24) is 9.62 Å². The molecular formula is C13H24N2O4S. The molecule has 1 heterocycles. The fourth-order valence-corrected chi connectivity index (χ4v) is 4.06. The molecule has 6 nitrogen and oxygen atoms in total. The third-order valence-corrected chi connectivity index (χ3v) is 5.73. The molecule has 1 saturated heterocycles. The fourth-order valence-electron chi connectivity index (χ4n) is 2.85. The molecule has 0 radical (unpaired) electrons. The van der Waals surface area contributed by atoms with Crippen LogP contribution in [0.2, 0.25) is 0 Å². The Balaban J connectivity index is 1.82. The molecular weight excluding hydrogens is 280 g/mol. The SMILES string of the molecule is CS(=O)(=O)N1CCCCC1CCNC(=O)C1(CO)CC1. The van der Waals surface area contributed by atoms with Gasteiger partial charge in [-0.05, 0) is 32.1 Å². The number of amides is 1. The largest absolute Gasteiger partial charge is 0.395 e. The number of nitrogens with one attached hydrogen (secondary N) is 1. The molecule has 0 aromatic heterocycles. The average Bonchev–Trinajstić information content (AvgIpc) is 3.19. The van der Waals surface area contributed by atoms with E-state index in [-0.39, 0.29) is 18.6 Å². The third-order valence-electron chi connectivity index (χ3n) is 4.40. The minimum Gasteiger partial charge on any atom is -0.395 e. The van der Waals surface area contributed by atoms with Gasteiger partial charge in [0.1, 0.15) is 0 Å². The van der Waals surface area contributed by atoms with Gasteiger partial charge in [-0.3, -0.25) is 4.79 Å². The van der Waals surface area contributed by atoms with Crippen LogP contribution in [0.15, 0.2) is 0 Å². The van der Waals surface area contributed by atoms with Crippen molar-refractivity contribution in [1.29, 1.82) is 0 Å². The molecule has 116 valence electrons. The first kappa shape index (κ1) is 15.7. The highest BCUT2D eigenvalue weighted by molar-refractivity contribution is 7.88. The van der Waals surface area contributed by atoms with Crippen LogP contribution < -0.4 is 5.32 Å². The van der Waals surface area contributed by atoms with Gasteiger partial charge in [-0.2, -0.15) is 4.31 Å². The molecule has 7 heteroatoms. The summed E-state index contributed by atoms with van der Waals surface area (Å²) in [5, 5.41) is 12.0. The van der Waals surface area contributed by atoms with Crippen LogP contribution in [0.5, 0.6) is 0 Å². The van der Waals surface area contributed by atoms with Crippen LogP contribution >= 0.6 is 0 Å². The summed E-state index contributed by atoms with van der Waals surface area (Å²) in [5.41, 5.74) is -0.552. The number of carbonyl (C=O) groups excluding carboxylic acids is 1.